The fourth-order valence-electron chi connectivity index (χ4n) is 2.74. The Kier molecular flexibility index (Phi) is 4.44. The largest absolute Gasteiger partial charge is 0.495 e. The van der Waals surface area contributed by atoms with Crippen molar-refractivity contribution in [3.8, 4) is 11.8 Å². The van der Waals surface area contributed by atoms with Crippen LogP contribution in [0.5, 0.6) is 5.75 Å². The molecule has 1 aliphatic carbocycles. The smallest absolute Gasteiger partial charge is 0.136 e. The molecule has 1 saturated carbocycles. The Morgan fingerprint density at radius 2 is 2.21 bits per heavy atom. The van der Waals surface area contributed by atoms with Crippen LogP contribution in [0.2, 0.25) is 0 Å². The second kappa shape index (κ2) is 6.08. The molecule has 1 N–H and O–H groups in total. The number of nitriles is 1. The number of methoxy groups -OCH3 is 1. The van der Waals surface area contributed by atoms with Crippen molar-refractivity contribution >= 4 is 0 Å². The summed E-state index contributed by atoms with van der Waals surface area (Å²) < 4.78 is 5.23. The number of benzene rings is 1. The highest BCUT2D eigenvalue weighted by Gasteiger charge is 2.34. The van der Waals surface area contributed by atoms with Gasteiger partial charge in [0, 0.05) is 13.1 Å². The maximum atomic E-state index is 8.95. The Morgan fingerprint density at radius 1 is 1.42 bits per heavy atom. The molecule has 0 aliphatic heterocycles. The summed E-state index contributed by atoms with van der Waals surface area (Å²) in [4.78, 5) is 0. The highest BCUT2D eigenvalue weighted by molar-refractivity contribution is 5.45. The molecule has 1 aliphatic rings. The molecular weight excluding hydrogens is 236 g/mol. The molecule has 2 rings (SSSR count). The van der Waals surface area contributed by atoms with E-state index in [0.717, 1.165) is 13.1 Å². The minimum atomic E-state index is 0.538. The molecule has 0 spiro atoms. The fraction of sp³-hybridized carbons (Fsp3) is 0.562. The van der Waals surface area contributed by atoms with Crippen LogP contribution in [0.25, 0.3) is 0 Å². The third kappa shape index (κ3) is 3.08. The zero-order chi connectivity index (χ0) is 13.7. The van der Waals surface area contributed by atoms with Crippen molar-refractivity contribution < 1.29 is 4.74 Å². The average Bonchev–Trinajstić information content (AvgIpc) is 2.41. The van der Waals surface area contributed by atoms with E-state index in [1.807, 2.05) is 18.2 Å². The highest BCUT2D eigenvalue weighted by atomic mass is 16.5. The normalized spacial score (nSPS) is 16.5. The lowest BCUT2D eigenvalue weighted by Crippen LogP contribution is -2.39. The first-order chi connectivity index (χ1) is 9.23. The summed E-state index contributed by atoms with van der Waals surface area (Å²) in [6.45, 7) is 4.21. The summed E-state index contributed by atoms with van der Waals surface area (Å²) in [5.41, 5.74) is 2.30. The van der Waals surface area contributed by atoms with Gasteiger partial charge in [0.15, 0.2) is 0 Å². The molecule has 19 heavy (non-hydrogen) atoms. The van der Waals surface area contributed by atoms with E-state index in [2.05, 4.69) is 18.3 Å². The monoisotopic (exact) mass is 258 g/mol. The van der Waals surface area contributed by atoms with Crippen LogP contribution in [0, 0.1) is 16.7 Å². The molecule has 0 radical (unpaired) electrons. The zero-order valence-electron chi connectivity index (χ0n) is 11.8. The van der Waals surface area contributed by atoms with Gasteiger partial charge in [0.05, 0.1) is 12.7 Å². The minimum Gasteiger partial charge on any atom is -0.495 e. The van der Waals surface area contributed by atoms with Crippen LogP contribution < -0.4 is 10.1 Å². The van der Waals surface area contributed by atoms with Gasteiger partial charge < -0.3 is 10.1 Å². The van der Waals surface area contributed by atoms with Gasteiger partial charge in [-0.1, -0.05) is 19.4 Å². The summed E-state index contributed by atoms with van der Waals surface area (Å²) in [5, 5.41) is 12.5. The summed E-state index contributed by atoms with van der Waals surface area (Å²) in [6, 6.07) is 7.91. The van der Waals surface area contributed by atoms with Crippen molar-refractivity contribution in [1.29, 1.82) is 5.26 Å². The van der Waals surface area contributed by atoms with E-state index in [1.165, 1.54) is 31.2 Å². The van der Waals surface area contributed by atoms with E-state index in [0.29, 0.717) is 16.7 Å². The third-order valence-corrected chi connectivity index (χ3v) is 4.38. The maximum absolute atomic E-state index is 8.95. The predicted molar refractivity (Wildman–Crippen MR) is 76.0 cm³/mol. The lowest BCUT2D eigenvalue weighted by molar-refractivity contribution is 0.124. The maximum Gasteiger partial charge on any atom is 0.136 e. The van der Waals surface area contributed by atoms with E-state index in [1.54, 1.807) is 7.11 Å². The van der Waals surface area contributed by atoms with Crippen LogP contribution in [0.4, 0.5) is 0 Å². The highest BCUT2D eigenvalue weighted by Crippen LogP contribution is 2.43. The molecule has 3 heteroatoms. The van der Waals surface area contributed by atoms with E-state index in [9.17, 15) is 0 Å². The molecule has 0 aromatic heterocycles. The Labute approximate surface area is 115 Å². The van der Waals surface area contributed by atoms with Crippen LogP contribution in [-0.2, 0) is 6.54 Å². The molecule has 0 saturated heterocycles. The molecule has 1 aromatic carbocycles. The van der Waals surface area contributed by atoms with Gasteiger partial charge in [-0.2, -0.15) is 5.26 Å². The quantitative estimate of drug-likeness (QED) is 0.852. The molecule has 0 unspecified atom stereocenters. The molecule has 0 bridgehead atoms. The second-order valence-electron chi connectivity index (χ2n) is 5.46. The van der Waals surface area contributed by atoms with Crippen molar-refractivity contribution in [3.05, 3.63) is 29.3 Å². The standard InChI is InChI=1S/C16H22N2O/c1-3-16(7-4-8-16)12-18-11-13-5-6-14(10-17)15(9-13)19-2/h5-6,9,18H,3-4,7-8,11-12H2,1-2H3. The Bertz CT molecular complexity index is 467. The third-order valence-electron chi connectivity index (χ3n) is 4.38. The lowest BCUT2D eigenvalue weighted by Gasteiger charge is -2.41. The molecule has 3 nitrogen and oxygen atoms in total. The van der Waals surface area contributed by atoms with Gasteiger partial charge >= 0.3 is 0 Å². The topological polar surface area (TPSA) is 45.0 Å². The van der Waals surface area contributed by atoms with Crippen LogP contribution in [0.3, 0.4) is 0 Å². The molecular formula is C16H22N2O. The number of hydrogen-bond acceptors (Lipinski definition) is 3. The van der Waals surface area contributed by atoms with Crippen molar-refractivity contribution in [2.45, 2.75) is 39.2 Å². The van der Waals surface area contributed by atoms with E-state index in [4.69, 9.17) is 10.00 Å². The Balaban J connectivity index is 1.91. The predicted octanol–water partition coefficient (Wildman–Crippen LogP) is 3.24. The SMILES string of the molecule is CCC1(CNCc2ccc(C#N)c(OC)c2)CCC1. The zero-order valence-corrected chi connectivity index (χ0v) is 11.8. The number of rotatable bonds is 6. The fourth-order valence-corrected chi connectivity index (χ4v) is 2.74. The average molecular weight is 258 g/mol. The first-order valence-corrected chi connectivity index (χ1v) is 7.01. The number of hydrogen-bond donors (Lipinski definition) is 1. The van der Waals surface area contributed by atoms with Gasteiger partial charge in [0.2, 0.25) is 0 Å². The molecule has 102 valence electrons. The number of nitrogens with zero attached hydrogens (tertiary/aromatic N) is 1. The first-order valence-electron chi connectivity index (χ1n) is 7.01. The van der Waals surface area contributed by atoms with Gasteiger partial charge in [-0.15, -0.1) is 0 Å². The Hall–Kier alpha value is -1.53. The summed E-state index contributed by atoms with van der Waals surface area (Å²) in [5.74, 6) is 0.663. The number of nitrogens with one attached hydrogen (secondary N) is 1. The van der Waals surface area contributed by atoms with Crippen molar-refractivity contribution in [1.82, 2.24) is 5.32 Å². The molecule has 0 atom stereocenters. The summed E-state index contributed by atoms with van der Waals surface area (Å²) >= 11 is 0. The Morgan fingerprint density at radius 3 is 2.74 bits per heavy atom. The van der Waals surface area contributed by atoms with Crippen molar-refractivity contribution in [3.63, 3.8) is 0 Å². The van der Waals surface area contributed by atoms with E-state index in [-0.39, 0.29) is 0 Å². The first kappa shape index (κ1) is 13.9. The van der Waals surface area contributed by atoms with Gasteiger partial charge in [-0.3, -0.25) is 0 Å². The lowest BCUT2D eigenvalue weighted by atomic mass is 9.67. The minimum absolute atomic E-state index is 0.538. The van der Waals surface area contributed by atoms with Gasteiger partial charge in [-0.05, 0) is 42.4 Å². The van der Waals surface area contributed by atoms with Gasteiger partial charge in [-0.25, -0.2) is 0 Å². The van der Waals surface area contributed by atoms with Crippen LogP contribution >= 0.6 is 0 Å². The van der Waals surface area contributed by atoms with Crippen LogP contribution in [-0.4, -0.2) is 13.7 Å². The molecule has 1 aromatic rings. The van der Waals surface area contributed by atoms with Crippen LogP contribution in [0.15, 0.2) is 18.2 Å². The van der Waals surface area contributed by atoms with Crippen LogP contribution in [0.1, 0.15) is 43.7 Å². The second-order valence-corrected chi connectivity index (χ2v) is 5.46. The summed E-state index contributed by atoms with van der Waals surface area (Å²) in [7, 11) is 1.60. The van der Waals surface area contributed by atoms with Crippen molar-refractivity contribution in [2.75, 3.05) is 13.7 Å². The van der Waals surface area contributed by atoms with E-state index < -0.39 is 0 Å². The van der Waals surface area contributed by atoms with Gasteiger partial charge in [0.25, 0.3) is 0 Å². The van der Waals surface area contributed by atoms with Crippen molar-refractivity contribution in [2.24, 2.45) is 5.41 Å². The molecule has 0 heterocycles. The molecule has 0 amide bonds. The van der Waals surface area contributed by atoms with E-state index >= 15 is 0 Å². The molecule has 1 fully saturated rings. The van der Waals surface area contributed by atoms with Gasteiger partial charge in [0.1, 0.15) is 11.8 Å². The summed E-state index contributed by atoms with van der Waals surface area (Å²) in [6.07, 6.45) is 5.34. The number of ether oxygens (including phenoxy) is 1.